The van der Waals surface area contributed by atoms with E-state index in [-0.39, 0.29) is 24.2 Å². The number of para-hydroxylation sites is 1. The fraction of sp³-hybridized carbons (Fsp3) is 0.267. The first-order chi connectivity index (χ1) is 10.1. The van der Waals surface area contributed by atoms with Gasteiger partial charge in [-0.25, -0.2) is 0 Å². The minimum absolute atomic E-state index is 0.0208. The third-order valence-corrected chi connectivity index (χ3v) is 3.54. The number of anilines is 2. The lowest BCUT2D eigenvalue weighted by atomic mass is 10.1. The number of benzene rings is 1. The number of amides is 2. The SMILES string of the molecule is Cn1cc(NC(=O)[C@H]2CC(=O)N(c3ccccc3)C2)cn1. The van der Waals surface area contributed by atoms with Gasteiger partial charge in [0.1, 0.15) is 0 Å². The quantitative estimate of drug-likeness (QED) is 0.926. The number of carbonyl (C=O) groups excluding carboxylic acids is 2. The summed E-state index contributed by atoms with van der Waals surface area (Å²) in [4.78, 5) is 26.0. The molecule has 6 heteroatoms. The van der Waals surface area contributed by atoms with Gasteiger partial charge < -0.3 is 10.2 Å². The smallest absolute Gasteiger partial charge is 0.229 e. The van der Waals surface area contributed by atoms with Crippen LogP contribution in [0.4, 0.5) is 11.4 Å². The zero-order valence-corrected chi connectivity index (χ0v) is 11.7. The van der Waals surface area contributed by atoms with E-state index in [9.17, 15) is 9.59 Å². The predicted molar refractivity (Wildman–Crippen MR) is 78.7 cm³/mol. The van der Waals surface area contributed by atoms with E-state index in [1.807, 2.05) is 30.3 Å². The lowest BCUT2D eigenvalue weighted by Crippen LogP contribution is -2.28. The summed E-state index contributed by atoms with van der Waals surface area (Å²) in [6.07, 6.45) is 3.55. The minimum Gasteiger partial charge on any atom is -0.323 e. The van der Waals surface area contributed by atoms with Crippen molar-refractivity contribution in [2.75, 3.05) is 16.8 Å². The summed E-state index contributed by atoms with van der Waals surface area (Å²) in [5.74, 6) is -0.500. The highest BCUT2D eigenvalue weighted by atomic mass is 16.2. The zero-order valence-electron chi connectivity index (χ0n) is 11.7. The Morgan fingerprint density at radius 3 is 2.76 bits per heavy atom. The maximum atomic E-state index is 12.2. The summed E-state index contributed by atoms with van der Waals surface area (Å²) in [5, 5.41) is 6.79. The summed E-state index contributed by atoms with van der Waals surface area (Å²) >= 11 is 0. The van der Waals surface area contributed by atoms with Crippen molar-refractivity contribution in [1.82, 2.24) is 9.78 Å². The average Bonchev–Trinajstić information content (AvgIpc) is 3.06. The largest absolute Gasteiger partial charge is 0.323 e. The molecule has 6 nitrogen and oxygen atoms in total. The Hall–Kier alpha value is -2.63. The fourth-order valence-electron chi connectivity index (χ4n) is 2.47. The van der Waals surface area contributed by atoms with Gasteiger partial charge in [-0.3, -0.25) is 14.3 Å². The minimum atomic E-state index is -0.335. The van der Waals surface area contributed by atoms with Crippen molar-refractivity contribution in [3.63, 3.8) is 0 Å². The summed E-state index contributed by atoms with van der Waals surface area (Å²) < 4.78 is 1.62. The molecule has 1 fully saturated rings. The van der Waals surface area contributed by atoms with Crippen molar-refractivity contribution in [3.8, 4) is 0 Å². The number of nitrogens with one attached hydrogen (secondary N) is 1. The highest BCUT2D eigenvalue weighted by Crippen LogP contribution is 2.25. The molecule has 1 aromatic heterocycles. The molecule has 0 bridgehead atoms. The van der Waals surface area contributed by atoms with Crippen LogP contribution in [-0.2, 0) is 16.6 Å². The molecule has 1 N–H and O–H groups in total. The normalized spacial score (nSPS) is 18.0. The van der Waals surface area contributed by atoms with Gasteiger partial charge in [0.25, 0.3) is 0 Å². The zero-order chi connectivity index (χ0) is 14.8. The lowest BCUT2D eigenvalue weighted by molar-refractivity contribution is -0.122. The van der Waals surface area contributed by atoms with Gasteiger partial charge in [-0.05, 0) is 12.1 Å². The molecular weight excluding hydrogens is 268 g/mol. The Labute approximate surface area is 122 Å². The van der Waals surface area contributed by atoms with E-state index >= 15 is 0 Å². The van der Waals surface area contributed by atoms with Gasteiger partial charge in [-0.15, -0.1) is 0 Å². The van der Waals surface area contributed by atoms with Crippen molar-refractivity contribution in [1.29, 1.82) is 0 Å². The number of hydrogen-bond donors (Lipinski definition) is 1. The first kappa shape index (κ1) is 13.4. The van der Waals surface area contributed by atoms with E-state index in [1.165, 1.54) is 0 Å². The molecule has 21 heavy (non-hydrogen) atoms. The molecule has 2 heterocycles. The molecule has 3 rings (SSSR count). The Bertz CT molecular complexity index is 665. The van der Waals surface area contributed by atoms with Crippen LogP contribution in [0.15, 0.2) is 42.7 Å². The van der Waals surface area contributed by atoms with E-state index in [2.05, 4.69) is 10.4 Å². The number of rotatable bonds is 3. The first-order valence-corrected chi connectivity index (χ1v) is 6.78. The Morgan fingerprint density at radius 2 is 2.10 bits per heavy atom. The lowest BCUT2D eigenvalue weighted by Gasteiger charge is -2.16. The Morgan fingerprint density at radius 1 is 1.33 bits per heavy atom. The van der Waals surface area contributed by atoms with Gasteiger partial charge in [0.15, 0.2) is 0 Å². The number of carbonyl (C=O) groups is 2. The van der Waals surface area contributed by atoms with Crippen LogP contribution in [0.1, 0.15) is 6.42 Å². The van der Waals surface area contributed by atoms with E-state index < -0.39 is 0 Å². The molecule has 1 aliphatic heterocycles. The van der Waals surface area contributed by atoms with Gasteiger partial charge >= 0.3 is 0 Å². The number of aromatic nitrogens is 2. The summed E-state index contributed by atoms with van der Waals surface area (Å²) in [7, 11) is 1.78. The summed E-state index contributed by atoms with van der Waals surface area (Å²) in [5.41, 5.74) is 1.48. The summed E-state index contributed by atoms with van der Waals surface area (Å²) in [6.45, 7) is 0.412. The molecule has 0 aliphatic carbocycles. The second-order valence-electron chi connectivity index (χ2n) is 5.13. The van der Waals surface area contributed by atoms with Crippen LogP contribution in [-0.4, -0.2) is 28.1 Å². The number of hydrogen-bond acceptors (Lipinski definition) is 3. The van der Waals surface area contributed by atoms with Crippen LogP contribution in [0.25, 0.3) is 0 Å². The highest BCUT2D eigenvalue weighted by molar-refractivity contribution is 6.03. The van der Waals surface area contributed by atoms with Gasteiger partial charge in [0.05, 0.1) is 17.8 Å². The number of aryl methyl sites for hydroxylation is 1. The van der Waals surface area contributed by atoms with E-state index in [1.54, 1.807) is 29.0 Å². The molecular formula is C15H16N4O2. The predicted octanol–water partition coefficient (Wildman–Crippen LogP) is 1.41. The van der Waals surface area contributed by atoms with E-state index in [0.29, 0.717) is 12.2 Å². The van der Waals surface area contributed by atoms with Gasteiger partial charge in [-0.2, -0.15) is 5.10 Å². The van der Waals surface area contributed by atoms with Crippen LogP contribution < -0.4 is 10.2 Å². The monoisotopic (exact) mass is 284 g/mol. The van der Waals surface area contributed by atoms with Gasteiger partial charge in [0.2, 0.25) is 11.8 Å². The molecule has 1 aliphatic rings. The maximum Gasteiger partial charge on any atom is 0.229 e. The second-order valence-corrected chi connectivity index (χ2v) is 5.13. The molecule has 1 atom stereocenters. The molecule has 1 saturated heterocycles. The van der Waals surface area contributed by atoms with Crippen molar-refractivity contribution in [2.45, 2.75) is 6.42 Å². The van der Waals surface area contributed by atoms with Crippen molar-refractivity contribution in [3.05, 3.63) is 42.7 Å². The van der Waals surface area contributed by atoms with E-state index in [4.69, 9.17) is 0 Å². The van der Waals surface area contributed by atoms with Crippen molar-refractivity contribution >= 4 is 23.2 Å². The molecule has 0 spiro atoms. The third kappa shape index (κ3) is 2.79. The number of nitrogens with zero attached hydrogens (tertiary/aromatic N) is 3. The second kappa shape index (κ2) is 5.40. The molecule has 108 valence electrons. The molecule has 2 aromatic rings. The third-order valence-electron chi connectivity index (χ3n) is 3.54. The molecule has 0 saturated carbocycles. The Kier molecular flexibility index (Phi) is 3.43. The van der Waals surface area contributed by atoms with Crippen LogP contribution in [0.3, 0.4) is 0 Å². The molecule has 0 radical (unpaired) electrons. The van der Waals surface area contributed by atoms with Gasteiger partial charge in [-0.1, -0.05) is 18.2 Å². The standard InChI is InChI=1S/C15H16N4O2/c1-18-10-12(8-16-18)17-15(21)11-7-14(20)19(9-11)13-5-3-2-4-6-13/h2-6,8,10-11H,7,9H2,1H3,(H,17,21)/t11-/m0/s1. The van der Waals surface area contributed by atoms with Crippen LogP contribution in [0.2, 0.25) is 0 Å². The topological polar surface area (TPSA) is 67.2 Å². The van der Waals surface area contributed by atoms with Crippen molar-refractivity contribution in [2.24, 2.45) is 13.0 Å². The molecule has 0 unspecified atom stereocenters. The highest BCUT2D eigenvalue weighted by Gasteiger charge is 2.35. The molecule has 1 aromatic carbocycles. The van der Waals surface area contributed by atoms with Crippen molar-refractivity contribution < 1.29 is 9.59 Å². The van der Waals surface area contributed by atoms with Crippen LogP contribution in [0.5, 0.6) is 0 Å². The molecule has 2 amide bonds. The van der Waals surface area contributed by atoms with Crippen LogP contribution in [0, 0.1) is 5.92 Å². The summed E-state index contributed by atoms with van der Waals surface area (Å²) in [6, 6.07) is 9.41. The first-order valence-electron chi connectivity index (χ1n) is 6.78. The van der Waals surface area contributed by atoms with E-state index in [0.717, 1.165) is 5.69 Å². The fourth-order valence-corrected chi connectivity index (χ4v) is 2.47. The van der Waals surface area contributed by atoms with Crippen LogP contribution >= 0.6 is 0 Å². The van der Waals surface area contributed by atoms with Gasteiger partial charge in [0, 0.05) is 31.9 Å². The maximum absolute atomic E-state index is 12.2. The average molecular weight is 284 g/mol. The Balaban J connectivity index is 1.68.